The molecule has 0 saturated heterocycles. The molecule has 0 amide bonds. The van der Waals surface area contributed by atoms with Gasteiger partial charge in [0.05, 0.1) is 14.5 Å². The van der Waals surface area contributed by atoms with Crippen LogP contribution in [0.1, 0.15) is 35.9 Å². The summed E-state index contributed by atoms with van der Waals surface area (Å²) < 4.78 is 46.1. The van der Waals surface area contributed by atoms with Crippen molar-refractivity contribution in [2.75, 3.05) is 0 Å². The number of aromatic nitrogens is 3. The molecule has 2 aliphatic heterocycles. The van der Waals surface area contributed by atoms with Gasteiger partial charge in [0.15, 0.2) is 29.2 Å². The Bertz CT molecular complexity index is 3560. The second-order valence-electron chi connectivity index (χ2n) is 18.4. The molecule has 12 rings (SSSR count). The van der Waals surface area contributed by atoms with Crippen molar-refractivity contribution in [3.8, 4) is 39.5 Å². The van der Waals surface area contributed by atoms with E-state index in [1.807, 2.05) is 42.5 Å². The van der Waals surface area contributed by atoms with E-state index in [0.717, 1.165) is 73.8 Å². The van der Waals surface area contributed by atoms with Crippen LogP contribution in [0, 0.1) is 11.6 Å². The summed E-state index contributed by atoms with van der Waals surface area (Å²) in [5.74, 6) is 0.356. The lowest BCUT2D eigenvalue weighted by atomic mass is 9.77. The molecule has 0 fully saturated rings. The van der Waals surface area contributed by atoms with E-state index in [2.05, 4.69) is 118 Å². The van der Waals surface area contributed by atoms with Crippen LogP contribution in [0.2, 0.25) is 19.6 Å². The van der Waals surface area contributed by atoms with Crippen molar-refractivity contribution in [1.82, 2.24) is 4.57 Å². The topological polar surface area (TPSA) is 25.8 Å². The van der Waals surface area contributed by atoms with Gasteiger partial charge < -0.3 is 4.42 Å². The van der Waals surface area contributed by atoms with E-state index in [-0.39, 0.29) is 23.6 Å². The predicted molar refractivity (Wildman–Crippen MR) is 254 cm³/mol. The molecule has 2 atom stereocenters. The standard InChI is InChI=1S/C56H45F2N3OSi/c1-34-30-51-44(42-15-7-8-16-43(42)49-29-25-40(33-59(49)51)63(2,3)4)26-21-36-22-28-46-45-27-23-38(41-14-9-10-17-47(41)57)32-52(45)62-55(46)53(36)56-60(34)50-19-11-18-48(58)54(50)61(56)39-24-20-35-12-5-6-13-37(35)31-39/h5-20,22-25,27-29,31-33,44,51H,1,21,26,30H2,2-4H3/q+2. The van der Waals surface area contributed by atoms with Crippen molar-refractivity contribution in [1.29, 1.82) is 0 Å². The Kier molecular flexibility index (Phi) is 8.41. The van der Waals surface area contributed by atoms with Crippen molar-refractivity contribution in [2.45, 2.75) is 50.9 Å². The van der Waals surface area contributed by atoms with Gasteiger partial charge in [0, 0.05) is 39.1 Å². The SMILES string of the molecule is C=C1CC2C(CCc3ccc4c(oc5cc(-c6ccccc6F)ccc54)c3-c3n(-c4ccc5ccccc5c4)c4c(F)cccc4[n+]31)c1ccccc1-c1ccc([Si](C)(C)C)c[n+]12. The van der Waals surface area contributed by atoms with Gasteiger partial charge in [0.1, 0.15) is 28.3 Å². The van der Waals surface area contributed by atoms with Crippen molar-refractivity contribution in [3.63, 3.8) is 0 Å². The normalized spacial score (nSPS) is 16.2. The highest BCUT2D eigenvalue weighted by molar-refractivity contribution is 6.88. The van der Waals surface area contributed by atoms with E-state index in [0.29, 0.717) is 28.7 Å². The summed E-state index contributed by atoms with van der Waals surface area (Å²) in [6.45, 7) is 12.2. The Labute approximate surface area is 365 Å². The van der Waals surface area contributed by atoms with Gasteiger partial charge in [-0.2, -0.15) is 13.7 Å². The van der Waals surface area contributed by atoms with E-state index in [4.69, 9.17) is 11.0 Å². The van der Waals surface area contributed by atoms with Crippen LogP contribution in [0.25, 0.3) is 88.9 Å². The van der Waals surface area contributed by atoms with E-state index in [1.54, 1.807) is 24.3 Å². The minimum Gasteiger partial charge on any atom is -0.455 e. The van der Waals surface area contributed by atoms with Crippen molar-refractivity contribution in [2.24, 2.45) is 0 Å². The number of imidazole rings is 1. The molecule has 4 nitrogen and oxygen atoms in total. The zero-order valence-electron chi connectivity index (χ0n) is 35.5. The Hall–Kier alpha value is -6.96. The van der Waals surface area contributed by atoms with Gasteiger partial charge in [-0.15, -0.1) is 0 Å². The number of furan rings is 1. The molecule has 5 heterocycles. The second-order valence-corrected chi connectivity index (χ2v) is 23.5. The van der Waals surface area contributed by atoms with Crippen LogP contribution in [-0.2, 0) is 6.42 Å². The van der Waals surface area contributed by atoms with Crippen molar-refractivity contribution in [3.05, 3.63) is 187 Å². The van der Waals surface area contributed by atoms with Crippen LogP contribution >= 0.6 is 0 Å². The summed E-state index contributed by atoms with van der Waals surface area (Å²) in [5, 5.41) is 5.45. The van der Waals surface area contributed by atoms with Gasteiger partial charge in [0.2, 0.25) is 11.2 Å². The fourth-order valence-corrected chi connectivity index (χ4v) is 11.8. The number of fused-ring (bicyclic) bond motifs is 16. The van der Waals surface area contributed by atoms with E-state index >= 15 is 8.78 Å². The zero-order valence-corrected chi connectivity index (χ0v) is 36.5. The molecular formula is C56H45F2N3OSi+2. The van der Waals surface area contributed by atoms with Crippen LogP contribution in [0.4, 0.5) is 8.78 Å². The summed E-state index contributed by atoms with van der Waals surface area (Å²) in [4.78, 5) is 0. The smallest absolute Gasteiger partial charge is 0.304 e. The lowest BCUT2D eigenvalue weighted by Gasteiger charge is -2.32. The number of rotatable bonds is 3. The van der Waals surface area contributed by atoms with Gasteiger partial charge >= 0.3 is 5.82 Å². The minimum atomic E-state index is -1.69. The first-order valence-electron chi connectivity index (χ1n) is 21.9. The average Bonchev–Trinajstić information content (AvgIpc) is 3.84. The lowest BCUT2D eigenvalue weighted by Crippen LogP contribution is -2.53. The largest absolute Gasteiger partial charge is 0.455 e. The third kappa shape index (κ3) is 5.82. The fraction of sp³-hybridized carbons (Fsp3) is 0.143. The van der Waals surface area contributed by atoms with Crippen molar-refractivity contribution >= 4 is 62.7 Å². The molecule has 10 aromatic rings. The van der Waals surface area contributed by atoms with Gasteiger partial charge in [0.25, 0.3) is 0 Å². The lowest BCUT2D eigenvalue weighted by molar-refractivity contribution is -0.719. The van der Waals surface area contributed by atoms with Gasteiger partial charge in [-0.3, -0.25) is 0 Å². The number of pyridine rings is 1. The van der Waals surface area contributed by atoms with Crippen LogP contribution in [0.3, 0.4) is 0 Å². The first-order valence-corrected chi connectivity index (χ1v) is 25.4. The van der Waals surface area contributed by atoms with Crippen LogP contribution < -0.4 is 14.3 Å². The second kappa shape index (κ2) is 14.0. The number of allylic oxidation sites excluding steroid dienone is 1. The maximum absolute atomic E-state index is 17.0. The molecule has 0 spiro atoms. The van der Waals surface area contributed by atoms with Crippen LogP contribution in [-0.4, -0.2) is 12.6 Å². The predicted octanol–water partition coefficient (Wildman–Crippen LogP) is 13.2. The molecule has 0 aliphatic carbocycles. The van der Waals surface area contributed by atoms with Gasteiger partial charge in [-0.25, -0.2) is 8.78 Å². The third-order valence-corrected chi connectivity index (χ3v) is 15.8. The molecule has 0 saturated carbocycles. The van der Waals surface area contributed by atoms with E-state index in [9.17, 15) is 0 Å². The van der Waals surface area contributed by atoms with Gasteiger partial charge in [-0.1, -0.05) is 123 Å². The monoisotopic (exact) mass is 841 g/mol. The summed E-state index contributed by atoms with van der Waals surface area (Å²) in [6, 6.07) is 50.9. The summed E-state index contributed by atoms with van der Waals surface area (Å²) in [6.07, 6.45) is 4.68. The average molecular weight is 842 g/mol. The Balaban J connectivity index is 1.18. The Morgan fingerprint density at radius 3 is 2.32 bits per heavy atom. The highest BCUT2D eigenvalue weighted by Gasteiger charge is 2.45. The molecule has 63 heavy (non-hydrogen) atoms. The number of halogens is 2. The summed E-state index contributed by atoms with van der Waals surface area (Å²) in [5.41, 5.74) is 11.4. The fourth-order valence-electron chi connectivity index (χ4n) is 10.7. The van der Waals surface area contributed by atoms with Gasteiger partial charge in [-0.05, 0) is 88.8 Å². The minimum absolute atomic E-state index is 0.0555. The van der Waals surface area contributed by atoms with E-state index in [1.165, 1.54) is 28.1 Å². The summed E-state index contributed by atoms with van der Waals surface area (Å²) in [7, 11) is -1.69. The molecule has 3 aromatic heterocycles. The maximum atomic E-state index is 17.0. The quantitative estimate of drug-likeness (QED) is 0.129. The number of nitrogens with zero attached hydrogens (tertiary/aromatic N) is 3. The number of para-hydroxylation sites is 1. The highest BCUT2D eigenvalue weighted by Crippen LogP contribution is 2.47. The molecule has 0 radical (unpaired) electrons. The molecular weight excluding hydrogens is 797 g/mol. The molecule has 7 heteroatoms. The Morgan fingerprint density at radius 1 is 0.714 bits per heavy atom. The number of aryl methyl sites for hydroxylation is 1. The number of hydrogen-bond acceptors (Lipinski definition) is 1. The van der Waals surface area contributed by atoms with Crippen LogP contribution in [0.15, 0.2) is 169 Å². The maximum Gasteiger partial charge on any atom is 0.304 e. The zero-order chi connectivity index (χ0) is 42.7. The third-order valence-electron chi connectivity index (χ3n) is 13.8. The number of benzene rings is 7. The molecule has 2 unspecified atom stereocenters. The first kappa shape index (κ1) is 37.8. The van der Waals surface area contributed by atoms with Crippen LogP contribution in [0.5, 0.6) is 0 Å². The molecule has 7 aromatic carbocycles. The highest BCUT2D eigenvalue weighted by atomic mass is 28.3. The van der Waals surface area contributed by atoms with Crippen molar-refractivity contribution < 1.29 is 22.3 Å². The first-order chi connectivity index (χ1) is 30.6. The molecule has 0 N–H and O–H groups in total. The molecule has 0 bridgehead atoms. The molecule has 2 aliphatic rings. The molecule has 306 valence electrons. The Morgan fingerprint density at radius 2 is 1.48 bits per heavy atom. The number of hydrogen-bond donors (Lipinski definition) is 0. The van der Waals surface area contributed by atoms with E-state index < -0.39 is 8.07 Å². The summed E-state index contributed by atoms with van der Waals surface area (Å²) >= 11 is 0.